The van der Waals surface area contributed by atoms with Gasteiger partial charge < -0.3 is 45.6 Å². The third kappa shape index (κ3) is 3.11. The molecule has 0 amide bonds. The van der Waals surface area contributed by atoms with Crippen molar-refractivity contribution in [2.45, 2.75) is 54.4 Å². The lowest BCUT2D eigenvalue weighted by atomic mass is 9.50. The molecule has 5 heterocycles. The highest BCUT2D eigenvalue weighted by molar-refractivity contribution is 6.46. The van der Waals surface area contributed by atoms with E-state index in [9.17, 15) is 19.8 Å². The molecule has 7 aliphatic rings. The Hall–Kier alpha value is -3.77. The van der Waals surface area contributed by atoms with Crippen LogP contribution < -0.4 is 10.2 Å². The maximum Gasteiger partial charge on any atom is 0.583 e. The fraction of sp³-hybridized carbons (Fsp3) is 0.483. The fourth-order valence-corrected chi connectivity index (χ4v) is 6.80. The number of hydrogen-bond donors (Lipinski definition) is 0. The number of carbonyl (C=O) groups is 2. The molecule has 2 bridgehead atoms. The van der Waals surface area contributed by atoms with Gasteiger partial charge in [0.25, 0.3) is 0 Å². The summed E-state index contributed by atoms with van der Waals surface area (Å²) in [7, 11) is 0. The first-order valence-corrected chi connectivity index (χ1v) is 12.7. The predicted octanol–water partition coefficient (Wildman–Crippen LogP) is -1.09. The molecule has 11 nitrogen and oxygen atoms in total. The summed E-state index contributed by atoms with van der Waals surface area (Å²) in [6.45, 7) is 15.1. The smallest absolute Gasteiger partial charge is 0.583 e. The maximum absolute atomic E-state index is 13.1. The van der Waals surface area contributed by atoms with Crippen LogP contribution in [0.15, 0.2) is 47.0 Å². The highest BCUT2D eigenvalue weighted by atomic mass is 16.7. The van der Waals surface area contributed by atoms with Crippen molar-refractivity contribution in [2.75, 3.05) is 19.8 Å². The molecule has 7 rings (SSSR count). The SMILES string of the molecule is [CH2][C@@]12[C+]3C[C@@H](O[C@@H]4[C@@H]5O[C@]5([CH2-])CC[C@@]41COC(=O)C1=[O+]C1([CH2+])C(=O)COC(C(=C)[O-])=C=C=C=C=C([O-])O3)C21CO1. The second-order valence-electron chi connectivity index (χ2n) is 11.2. The van der Waals surface area contributed by atoms with E-state index in [1.807, 2.05) is 0 Å². The molecule has 0 aromatic heterocycles. The van der Waals surface area contributed by atoms with E-state index in [-0.39, 0.29) is 24.9 Å². The average Bonchev–Trinajstić information content (AvgIpc) is 3.81. The van der Waals surface area contributed by atoms with E-state index >= 15 is 0 Å². The van der Waals surface area contributed by atoms with Gasteiger partial charge in [-0.3, -0.25) is 4.79 Å². The highest BCUT2D eigenvalue weighted by Crippen LogP contribution is 2.76. The Labute approximate surface area is 229 Å². The normalized spacial score (nSPS) is 46.2. The lowest BCUT2D eigenvalue weighted by Gasteiger charge is -2.55. The third-order valence-electron chi connectivity index (χ3n) is 9.26. The molecule has 2 saturated carbocycles. The Kier molecular flexibility index (Phi) is 4.85. The van der Waals surface area contributed by atoms with Gasteiger partial charge >= 0.3 is 23.1 Å². The monoisotopic (exact) mass is 547 g/mol. The van der Waals surface area contributed by atoms with Gasteiger partial charge in [0.1, 0.15) is 19.1 Å². The number of Topliss-reactive ketones (excluding diaryl/α,β-unsaturated/α-hetero) is 1. The molecular weight excluding hydrogens is 524 g/mol. The van der Waals surface area contributed by atoms with Gasteiger partial charge in [-0.05, 0) is 41.4 Å². The second-order valence-corrected chi connectivity index (χ2v) is 11.2. The lowest BCUT2D eigenvalue weighted by Crippen LogP contribution is -2.68. The van der Waals surface area contributed by atoms with Gasteiger partial charge in [-0.25, -0.2) is 4.79 Å². The van der Waals surface area contributed by atoms with Crippen LogP contribution in [0.3, 0.4) is 0 Å². The van der Waals surface area contributed by atoms with Crippen molar-refractivity contribution < 1.29 is 52.6 Å². The summed E-state index contributed by atoms with van der Waals surface area (Å²) in [6, 6.07) is 0. The van der Waals surface area contributed by atoms with Crippen molar-refractivity contribution in [2.24, 2.45) is 10.8 Å². The number of rotatable bonds is 1. The zero-order valence-corrected chi connectivity index (χ0v) is 21.3. The summed E-state index contributed by atoms with van der Waals surface area (Å²) in [4.78, 5) is 25.9. The van der Waals surface area contributed by atoms with Crippen LogP contribution in [0.5, 0.6) is 0 Å². The number of fused-ring (bicyclic) bond motifs is 3. The van der Waals surface area contributed by atoms with Gasteiger partial charge in [-0.2, -0.15) is 4.42 Å². The molecule has 2 unspecified atom stereocenters. The molecule has 40 heavy (non-hydrogen) atoms. The van der Waals surface area contributed by atoms with Crippen LogP contribution in [0.1, 0.15) is 19.3 Å². The molecule has 2 aliphatic carbocycles. The second kappa shape index (κ2) is 7.70. The Bertz CT molecular complexity index is 1480. The number of cyclic esters (lactones) is 1. The van der Waals surface area contributed by atoms with E-state index in [4.69, 9.17) is 32.8 Å². The Morgan fingerprint density at radius 1 is 1.18 bits per heavy atom. The minimum atomic E-state index is -1.84. The summed E-state index contributed by atoms with van der Waals surface area (Å²) in [5.74, 6) is -4.16. The number of hydrogen-bond acceptors (Lipinski definition) is 10. The van der Waals surface area contributed by atoms with E-state index in [1.165, 1.54) is 0 Å². The summed E-state index contributed by atoms with van der Waals surface area (Å²) < 4.78 is 40.5. The molecule has 11 heteroatoms. The molecule has 5 fully saturated rings. The number of ketones is 2. The van der Waals surface area contributed by atoms with Gasteiger partial charge in [0.05, 0.1) is 24.2 Å². The van der Waals surface area contributed by atoms with Crippen molar-refractivity contribution in [3.05, 3.63) is 73.8 Å². The molecular formula is C29H23O11. The highest BCUT2D eigenvalue weighted by Gasteiger charge is 2.91. The van der Waals surface area contributed by atoms with E-state index in [2.05, 4.69) is 50.3 Å². The molecule has 5 aliphatic heterocycles. The van der Waals surface area contributed by atoms with Gasteiger partial charge in [0.2, 0.25) is 6.10 Å². The standard InChI is InChI=1S/C29H23O11/c1-15(30)16-7-5-6-8-20(32)37-18-11-19-29(14-36-29)27(18,4)28(10-9-25(2)21(39-25)22(28)38-19)13-35-24(33)23-26(3,40-23)17(31)12-34-16/h19,21-22H,1-4,9-14H2/t19-,21+,22-,25-,26?,27-,28-,29?/m1/s1. The topological polar surface area (TPSA) is 154 Å². The lowest BCUT2D eigenvalue weighted by molar-refractivity contribution is -0.407. The van der Waals surface area contributed by atoms with Gasteiger partial charge in [-0.1, -0.05) is 5.76 Å². The van der Waals surface area contributed by atoms with Gasteiger partial charge in [-0.15, -0.1) is 6.58 Å². The van der Waals surface area contributed by atoms with Gasteiger partial charge in [0.15, 0.2) is 36.3 Å². The summed E-state index contributed by atoms with van der Waals surface area (Å²) in [5, 5.41) is 24.6. The van der Waals surface area contributed by atoms with Crippen molar-refractivity contribution in [1.82, 2.24) is 0 Å². The number of epoxide rings is 2. The van der Waals surface area contributed by atoms with Crippen molar-refractivity contribution in [1.29, 1.82) is 0 Å². The molecule has 205 valence electrons. The minimum Gasteiger partial charge on any atom is -0.870 e. The molecule has 0 aromatic rings. The minimum absolute atomic E-state index is 0.199. The maximum atomic E-state index is 13.1. The van der Waals surface area contributed by atoms with Crippen molar-refractivity contribution >= 4 is 17.5 Å². The molecule has 3 saturated heterocycles. The van der Waals surface area contributed by atoms with Crippen LogP contribution in [0.25, 0.3) is 0 Å². The van der Waals surface area contributed by atoms with Crippen LogP contribution >= 0.6 is 0 Å². The molecule has 8 atom stereocenters. The van der Waals surface area contributed by atoms with Crippen molar-refractivity contribution in [3.8, 4) is 0 Å². The summed E-state index contributed by atoms with van der Waals surface area (Å²) >= 11 is 0. The molecule has 0 aromatic carbocycles. The van der Waals surface area contributed by atoms with E-state index < -0.39 is 75.7 Å². The largest absolute Gasteiger partial charge is 0.870 e. The average molecular weight is 547 g/mol. The summed E-state index contributed by atoms with van der Waals surface area (Å²) in [5.41, 5.74) is 3.64. The van der Waals surface area contributed by atoms with Crippen LogP contribution in [0.2, 0.25) is 0 Å². The third-order valence-corrected chi connectivity index (χ3v) is 9.26. The number of carbonyl (C=O) groups excluding carboxylic acids is 3. The molecule has 1 radical (unpaired) electrons. The first-order chi connectivity index (χ1) is 18.9. The van der Waals surface area contributed by atoms with E-state index in [1.54, 1.807) is 0 Å². The van der Waals surface area contributed by atoms with Crippen LogP contribution in [-0.2, 0) is 42.4 Å². The summed E-state index contributed by atoms with van der Waals surface area (Å²) in [6.07, 6.45) is -0.0695. The first-order valence-electron chi connectivity index (χ1n) is 12.7. The zero-order valence-electron chi connectivity index (χ0n) is 21.3. The number of ether oxygens (including phenoxy) is 6. The van der Waals surface area contributed by atoms with Gasteiger partial charge in [0, 0.05) is 6.92 Å². The van der Waals surface area contributed by atoms with Crippen LogP contribution in [0.4, 0.5) is 0 Å². The Morgan fingerprint density at radius 2 is 1.93 bits per heavy atom. The number of esters is 1. The fourth-order valence-electron chi connectivity index (χ4n) is 6.80. The zero-order chi connectivity index (χ0) is 28.3. The van der Waals surface area contributed by atoms with E-state index in [0.717, 1.165) is 0 Å². The first kappa shape index (κ1) is 25.2. The van der Waals surface area contributed by atoms with Crippen molar-refractivity contribution in [3.63, 3.8) is 0 Å². The molecule has 0 N–H and O–H groups in total. The predicted molar refractivity (Wildman–Crippen MR) is 124 cm³/mol. The Morgan fingerprint density at radius 3 is 2.65 bits per heavy atom. The van der Waals surface area contributed by atoms with Crippen LogP contribution in [0, 0.1) is 37.7 Å². The molecule has 2 spiro atoms. The van der Waals surface area contributed by atoms with E-state index in [0.29, 0.717) is 25.6 Å². The Balaban J connectivity index is 1.34. The van der Waals surface area contributed by atoms with Crippen LogP contribution in [-0.4, -0.2) is 72.5 Å². The quantitative estimate of drug-likeness (QED) is 0.0578.